The fourth-order valence-corrected chi connectivity index (χ4v) is 2.07. The van der Waals surface area contributed by atoms with Crippen LogP contribution in [0.3, 0.4) is 0 Å². The standard InChI is InChI=1S/C13H14F3NO3/c14-13(15,16)10-3-5-11(6-4-10)20-12-2-1-7-17(8-12)19-9-18/h3-6,9,12H,1-2,7-8H2. The summed E-state index contributed by atoms with van der Waals surface area (Å²) in [7, 11) is 0. The summed E-state index contributed by atoms with van der Waals surface area (Å²) in [5.41, 5.74) is -0.709. The van der Waals surface area contributed by atoms with E-state index in [1.165, 1.54) is 17.2 Å². The molecule has 1 fully saturated rings. The molecule has 0 radical (unpaired) electrons. The topological polar surface area (TPSA) is 38.8 Å². The molecular formula is C13H14F3NO3. The lowest BCUT2D eigenvalue weighted by atomic mass is 10.1. The summed E-state index contributed by atoms with van der Waals surface area (Å²) in [5, 5.41) is 1.48. The molecule has 0 N–H and O–H groups in total. The molecule has 2 rings (SSSR count). The van der Waals surface area contributed by atoms with Gasteiger partial charge in [-0.1, -0.05) is 0 Å². The van der Waals surface area contributed by atoms with Crippen LogP contribution in [0.15, 0.2) is 24.3 Å². The summed E-state index contributed by atoms with van der Waals surface area (Å²) in [6.45, 7) is 1.38. The Labute approximate surface area is 114 Å². The van der Waals surface area contributed by atoms with E-state index in [-0.39, 0.29) is 6.10 Å². The van der Waals surface area contributed by atoms with Crippen LogP contribution >= 0.6 is 0 Å². The number of alkyl halides is 3. The van der Waals surface area contributed by atoms with Gasteiger partial charge in [0.15, 0.2) is 0 Å². The average molecular weight is 289 g/mol. The second-order valence-electron chi connectivity index (χ2n) is 4.49. The summed E-state index contributed by atoms with van der Waals surface area (Å²) in [5.74, 6) is 0.371. The minimum atomic E-state index is -4.35. The average Bonchev–Trinajstić information content (AvgIpc) is 2.39. The van der Waals surface area contributed by atoms with E-state index in [9.17, 15) is 18.0 Å². The number of piperidine rings is 1. The lowest BCUT2D eigenvalue weighted by Gasteiger charge is -2.30. The minimum Gasteiger partial charge on any atom is -0.489 e. The number of carbonyl (C=O) groups is 1. The van der Waals surface area contributed by atoms with Crippen molar-refractivity contribution in [2.75, 3.05) is 13.1 Å². The molecule has 0 aliphatic carbocycles. The van der Waals surface area contributed by atoms with Gasteiger partial charge in [0, 0.05) is 6.54 Å². The van der Waals surface area contributed by atoms with E-state index < -0.39 is 11.7 Å². The molecule has 0 spiro atoms. The van der Waals surface area contributed by atoms with Gasteiger partial charge >= 0.3 is 12.6 Å². The van der Waals surface area contributed by atoms with Crippen LogP contribution in [0.5, 0.6) is 5.75 Å². The Morgan fingerprint density at radius 1 is 1.25 bits per heavy atom. The molecule has 1 aromatic rings. The Morgan fingerprint density at radius 2 is 1.95 bits per heavy atom. The van der Waals surface area contributed by atoms with Crippen molar-refractivity contribution in [2.45, 2.75) is 25.1 Å². The largest absolute Gasteiger partial charge is 0.489 e. The van der Waals surface area contributed by atoms with Crippen LogP contribution in [0.1, 0.15) is 18.4 Å². The molecule has 1 heterocycles. The van der Waals surface area contributed by atoms with Gasteiger partial charge in [-0.05, 0) is 37.1 Å². The SMILES string of the molecule is O=CON1CCCC(Oc2ccc(C(F)(F)F)cc2)C1. The summed E-state index contributed by atoms with van der Waals surface area (Å²) in [4.78, 5) is 15.0. The molecule has 1 saturated heterocycles. The molecule has 0 bridgehead atoms. The summed E-state index contributed by atoms with van der Waals surface area (Å²) in [6.07, 6.45) is -3.00. The molecule has 0 amide bonds. The van der Waals surface area contributed by atoms with Crippen molar-refractivity contribution in [1.82, 2.24) is 5.06 Å². The number of carbonyl (C=O) groups excluding carboxylic acids is 1. The molecule has 1 aromatic carbocycles. The summed E-state index contributed by atoms with van der Waals surface area (Å²) in [6, 6.07) is 4.56. The van der Waals surface area contributed by atoms with E-state index in [0.717, 1.165) is 25.0 Å². The van der Waals surface area contributed by atoms with Crippen LogP contribution in [0.4, 0.5) is 13.2 Å². The van der Waals surface area contributed by atoms with Crippen molar-refractivity contribution in [3.8, 4) is 5.75 Å². The Hall–Kier alpha value is -1.76. The molecule has 0 saturated carbocycles. The second-order valence-corrected chi connectivity index (χ2v) is 4.49. The normalized spacial score (nSPS) is 20.4. The van der Waals surface area contributed by atoms with Crippen molar-refractivity contribution in [1.29, 1.82) is 0 Å². The molecule has 110 valence electrons. The number of hydrogen-bond donors (Lipinski definition) is 0. The Balaban J connectivity index is 1.94. The maximum Gasteiger partial charge on any atom is 0.416 e. The highest BCUT2D eigenvalue weighted by Gasteiger charge is 2.30. The predicted octanol–water partition coefficient (Wildman–Crippen LogP) is 2.64. The van der Waals surface area contributed by atoms with Gasteiger partial charge in [-0.2, -0.15) is 13.2 Å². The Bertz CT molecular complexity index is 447. The lowest BCUT2D eigenvalue weighted by Crippen LogP contribution is -2.40. The molecule has 4 nitrogen and oxygen atoms in total. The fourth-order valence-electron chi connectivity index (χ4n) is 2.07. The first-order valence-electron chi connectivity index (χ1n) is 6.18. The van der Waals surface area contributed by atoms with Gasteiger partial charge in [0.05, 0.1) is 12.1 Å². The molecular weight excluding hydrogens is 275 g/mol. The molecule has 1 aliphatic heterocycles. The highest BCUT2D eigenvalue weighted by Crippen LogP contribution is 2.30. The van der Waals surface area contributed by atoms with Crippen LogP contribution < -0.4 is 4.74 Å². The predicted molar refractivity (Wildman–Crippen MR) is 63.8 cm³/mol. The first-order valence-corrected chi connectivity index (χ1v) is 6.18. The first-order chi connectivity index (χ1) is 9.49. The van der Waals surface area contributed by atoms with Crippen LogP contribution in [0, 0.1) is 0 Å². The second kappa shape index (κ2) is 6.13. The fraction of sp³-hybridized carbons (Fsp3) is 0.462. The van der Waals surface area contributed by atoms with Crippen LogP contribution in [0.2, 0.25) is 0 Å². The maximum atomic E-state index is 12.4. The number of hydroxylamine groups is 2. The number of nitrogens with zero attached hydrogens (tertiary/aromatic N) is 1. The van der Waals surface area contributed by atoms with E-state index in [0.29, 0.717) is 25.3 Å². The third-order valence-electron chi connectivity index (χ3n) is 3.02. The molecule has 1 unspecified atom stereocenters. The van der Waals surface area contributed by atoms with Gasteiger partial charge in [0.25, 0.3) is 0 Å². The Kier molecular flexibility index (Phi) is 4.49. The zero-order valence-corrected chi connectivity index (χ0v) is 10.6. The third kappa shape index (κ3) is 3.86. The number of halogens is 3. The lowest BCUT2D eigenvalue weighted by molar-refractivity contribution is -0.184. The van der Waals surface area contributed by atoms with E-state index in [2.05, 4.69) is 0 Å². The molecule has 1 atom stereocenters. The maximum absolute atomic E-state index is 12.4. The van der Waals surface area contributed by atoms with Crippen LogP contribution in [0.25, 0.3) is 0 Å². The van der Waals surface area contributed by atoms with E-state index in [1.807, 2.05) is 0 Å². The summed E-state index contributed by atoms with van der Waals surface area (Å²) >= 11 is 0. The number of rotatable bonds is 4. The first kappa shape index (κ1) is 14.6. The van der Waals surface area contributed by atoms with Gasteiger partial charge in [0.2, 0.25) is 0 Å². The molecule has 7 heteroatoms. The van der Waals surface area contributed by atoms with E-state index in [1.54, 1.807) is 0 Å². The highest BCUT2D eigenvalue weighted by atomic mass is 19.4. The number of benzene rings is 1. The minimum absolute atomic E-state index is 0.208. The number of ether oxygens (including phenoxy) is 1. The highest BCUT2D eigenvalue weighted by molar-refractivity contribution is 5.36. The molecule has 0 aromatic heterocycles. The Morgan fingerprint density at radius 3 is 2.55 bits per heavy atom. The van der Waals surface area contributed by atoms with E-state index >= 15 is 0 Å². The number of hydrogen-bond acceptors (Lipinski definition) is 4. The molecule has 1 aliphatic rings. The zero-order valence-electron chi connectivity index (χ0n) is 10.6. The van der Waals surface area contributed by atoms with Gasteiger partial charge < -0.3 is 9.57 Å². The van der Waals surface area contributed by atoms with Gasteiger partial charge in [-0.3, -0.25) is 4.79 Å². The van der Waals surface area contributed by atoms with Crippen molar-refractivity contribution in [3.05, 3.63) is 29.8 Å². The zero-order chi connectivity index (χ0) is 14.6. The molecule has 20 heavy (non-hydrogen) atoms. The van der Waals surface area contributed by atoms with Crippen molar-refractivity contribution in [2.24, 2.45) is 0 Å². The smallest absolute Gasteiger partial charge is 0.416 e. The van der Waals surface area contributed by atoms with Gasteiger partial charge in [-0.25, -0.2) is 0 Å². The van der Waals surface area contributed by atoms with Gasteiger partial charge in [0.1, 0.15) is 11.9 Å². The summed E-state index contributed by atoms with van der Waals surface area (Å²) < 4.78 is 42.8. The quantitative estimate of drug-likeness (QED) is 0.799. The van der Waals surface area contributed by atoms with Crippen molar-refractivity contribution < 1.29 is 27.5 Å². The van der Waals surface area contributed by atoms with Crippen molar-refractivity contribution >= 4 is 6.47 Å². The van der Waals surface area contributed by atoms with Crippen molar-refractivity contribution in [3.63, 3.8) is 0 Å². The van der Waals surface area contributed by atoms with Crippen LogP contribution in [-0.2, 0) is 15.8 Å². The van der Waals surface area contributed by atoms with Crippen LogP contribution in [-0.4, -0.2) is 30.7 Å². The van der Waals surface area contributed by atoms with Gasteiger partial charge in [-0.15, -0.1) is 5.06 Å². The van der Waals surface area contributed by atoms with E-state index in [4.69, 9.17) is 9.57 Å². The monoisotopic (exact) mass is 289 g/mol. The third-order valence-corrected chi connectivity index (χ3v) is 3.02.